The van der Waals surface area contributed by atoms with Crippen LogP contribution in [0.15, 0.2) is 24.3 Å². The van der Waals surface area contributed by atoms with E-state index >= 15 is 0 Å². The molecule has 1 heterocycles. The first-order valence-electron chi connectivity index (χ1n) is 5.71. The molecule has 15 heavy (non-hydrogen) atoms. The van der Waals surface area contributed by atoms with Crippen molar-refractivity contribution in [3.63, 3.8) is 0 Å². The van der Waals surface area contributed by atoms with E-state index in [-0.39, 0.29) is 0 Å². The molecule has 0 unspecified atom stereocenters. The molecule has 0 aliphatic heterocycles. The van der Waals surface area contributed by atoms with Crippen molar-refractivity contribution >= 4 is 10.9 Å². The van der Waals surface area contributed by atoms with Crippen molar-refractivity contribution in [2.24, 2.45) is 7.05 Å². The molecule has 0 fully saturated rings. The van der Waals surface area contributed by atoms with Gasteiger partial charge in [0.25, 0.3) is 0 Å². The Bertz CT molecular complexity index is 477. The van der Waals surface area contributed by atoms with Crippen LogP contribution in [0.4, 0.5) is 0 Å². The zero-order valence-corrected chi connectivity index (χ0v) is 10.0. The molecule has 0 aliphatic rings. The second kappa shape index (κ2) is 3.73. The van der Waals surface area contributed by atoms with Crippen LogP contribution in [0.3, 0.4) is 0 Å². The normalized spacial score (nSPS) is 11.5. The first-order valence-corrected chi connectivity index (χ1v) is 5.71. The Hall–Kier alpha value is -1.24. The van der Waals surface area contributed by atoms with Crippen LogP contribution in [0.2, 0.25) is 0 Å². The van der Waals surface area contributed by atoms with Crippen molar-refractivity contribution < 1.29 is 0 Å². The van der Waals surface area contributed by atoms with Gasteiger partial charge >= 0.3 is 0 Å². The summed E-state index contributed by atoms with van der Waals surface area (Å²) in [6.07, 6.45) is 1.11. The average Bonchev–Trinajstić information content (AvgIpc) is 2.55. The van der Waals surface area contributed by atoms with Gasteiger partial charge in [0.15, 0.2) is 0 Å². The molecular formula is C14H19N. The monoisotopic (exact) mass is 201 g/mol. The summed E-state index contributed by atoms with van der Waals surface area (Å²) >= 11 is 0. The third-order valence-corrected chi connectivity index (χ3v) is 3.14. The van der Waals surface area contributed by atoms with Crippen molar-refractivity contribution in [3.05, 3.63) is 35.5 Å². The summed E-state index contributed by atoms with van der Waals surface area (Å²) in [5.41, 5.74) is 4.18. The molecule has 2 aromatic rings. The Kier molecular flexibility index (Phi) is 2.56. The first-order chi connectivity index (χ1) is 7.13. The van der Waals surface area contributed by atoms with Gasteiger partial charge in [0, 0.05) is 23.6 Å². The van der Waals surface area contributed by atoms with Gasteiger partial charge in [-0.15, -0.1) is 0 Å². The van der Waals surface area contributed by atoms with E-state index in [9.17, 15) is 0 Å². The summed E-state index contributed by atoms with van der Waals surface area (Å²) in [4.78, 5) is 0. The molecule has 0 radical (unpaired) electrons. The van der Waals surface area contributed by atoms with E-state index in [2.05, 4.69) is 56.7 Å². The van der Waals surface area contributed by atoms with Gasteiger partial charge < -0.3 is 4.57 Å². The summed E-state index contributed by atoms with van der Waals surface area (Å²) < 4.78 is 2.30. The van der Waals surface area contributed by atoms with Gasteiger partial charge in [-0.2, -0.15) is 0 Å². The van der Waals surface area contributed by atoms with E-state index in [1.165, 1.54) is 22.2 Å². The van der Waals surface area contributed by atoms with E-state index in [4.69, 9.17) is 0 Å². The van der Waals surface area contributed by atoms with Crippen LogP contribution in [0.5, 0.6) is 0 Å². The zero-order chi connectivity index (χ0) is 11.0. The number of nitrogens with zero attached hydrogens (tertiary/aromatic N) is 1. The third-order valence-electron chi connectivity index (χ3n) is 3.14. The lowest BCUT2D eigenvalue weighted by Crippen LogP contribution is -1.97. The van der Waals surface area contributed by atoms with Crippen LogP contribution in [0.25, 0.3) is 10.9 Å². The van der Waals surface area contributed by atoms with Crippen molar-refractivity contribution in [2.75, 3.05) is 0 Å². The van der Waals surface area contributed by atoms with E-state index in [0.29, 0.717) is 5.92 Å². The molecule has 1 heteroatoms. The molecule has 80 valence electrons. The van der Waals surface area contributed by atoms with Gasteiger partial charge in [-0.1, -0.05) is 26.8 Å². The van der Waals surface area contributed by atoms with Crippen LogP contribution in [-0.2, 0) is 13.5 Å². The Labute approximate surface area is 91.7 Å². The molecule has 0 saturated carbocycles. The molecule has 1 aromatic heterocycles. The van der Waals surface area contributed by atoms with Crippen LogP contribution in [0, 0.1) is 0 Å². The fraction of sp³-hybridized carbons (Fsp3) is 0.429. The number of hydrogen-bond acceptors (Lipinski definition) is 0. The van der Waals surface area contributed by atoms with Gasteiger partial charge in [0.1, 0.15) is 0 Å². The predicted octanol–water partition coefficient (Wildman–Crippen LogP) is 3.86. The maximum absolute atomic E-state index is 2.32. The van der Waals surface area contributed by atoms with Gasteiger partial charge in [0.2, 0.25) is 0 Å². The average molecular weight is 201 g/mol. The largest absolute Gasteiger partial charge is 0.347 e. The number of rotatable bonds is 2. The van der Waals surface area contributed by atoms with Crippen molar-refractivity contribution in [1.29, 1.82) is 0 Å². The van der Waals surface area contributed by atoms with Crippen LogP contribution in [0.1, 0.15) is 37.9 Å². The minimum atomic E-state index is 0.590. The standard InChI is InChI=1S/C14H19N/c1-5-11-6-7-13-12(8-11)9-14(10(2)3)15(13)4/h6-10H,5H2,1-4H3. The number of fused-ring (bicyclic) bond motifs is 1. The molecule has 1 aromatic carbocycles. The molecule has 1 nitrogen and oxygen atoms in total. The maximum atomic E-state index is 2.32. The lowest BCUT2D eigenvalue weighted by atomic mass is 10.1. The highest BCUT2D eigenvalue weighted by atomic mass is 14.9. The Morgan fingerprint density at radius 1 is 1.20 bits per heavy atom. The Balaban J connectivity index is 2.65. The maximum Gasteiger partial charge on any atom is 0.0480 e. The zero-order valence-electron chi connectivity index (χ0n) is 10.0. The molecule has 0 bridgehead atoms. The molecule has 0 saturated heterocycles. The highest BCUT2D eigenvalue weighted by molar-refractivity contribution is 5.82. The van der Waals surface area contributed by atoms with E-state index < -0.39 is 0 Å². The molecule has 0 amide bonds. The topological polar surface area (TPSA) is 4.93 Å². The quantitative estimate of drug-likeness (QED) is 0.695. The second-order valence-corrected chi connectivity index (χ2v) is 4.53. The van der Waals surface area contributed by atoms with Crippen molar-refractivity contribution in [3.8, 4) is 0 Å². The summed E-state index contributed by atoms with van der Waals surface area (Å²) in [6, 6.07) is 9.09. The SMILES string of the molecule is CCc1ccc2c(c1)cc(C(C)C)n2C. The smallest absolute Gasteiger partial charge is 0.0480 e. The van der Waals surface area contributed by atoms with Gasteiger partial charge in [-0.25, -0.2) is 0 Å². The van der Waals surface area contributed by atoms with Gasteiger partial charge in [-0.3, -0.25) is 0 Å². The van der Waals surface area contributed by atoms with Gasteiger partial charge in [-0.05, 0) is 36.1 Å². The van der Waals surface area contributed by atoms with Crippen LogP contribution >= 0.6 is 0 Å². The fourth-order valence-corrected chi connectivity index (χ4v) is 2.19. The van der Waals surface area contributed by atoms with Crippen molar-refractivity contribution in [1.82, 2.24) is 4.57 Å². The minimum Gasteiger partial charge on any atom is -0.347 e. The van der Waals surface area contributed by atoms with Gasteiger partial charge in [0.05, 0.1) is 0 Å². The molecule has 0 atom stereocenters. The molecule has 0 N–H and O–H groups in total. The number of aryl methyl sites for hydroxylation is 2. The molecule has 0 aliphatic carbocycles. The fourth-order valence-electron chi connectivity index (χ4n) is 2.19. The number of aromatic nitrogens is 1. The van der Waals surface area contributed by atoms with E-state index in [1.54, 1.807) is 0 Å². The summed E-state index contributed by atoms with van der Waals surface area (Å²) in [5, 5.41) is 1.38. The van der Waals surface area contributed by atoms with Crippen molar-refractivity contribution in [2.45, 2.75) is 33.1 Å². The number of benzene rings is 1. The first kappa shape index (κ1) is 10.3. The van der Waals surface area contributed by atoms with E-state index in [1.807, 2.05) is 0 Å². The third kappa shape index (κ3) is 1.67. The molecule has 0 spiro atoms. The summed E-state index contributed by atoms with van der Waals surface area (Å²) in [6.45, 7) is 6.69. The second-order valence-electron chi connectivity index (χ2n) is 4.53. The number of hydrogen-bond donors (Lipinski definition) is 0. The predicted molar refractivity (Wildman–Crippen MR) is 66.4 cm³/mol. The summed E-state index contributed by atoms with van der Waals surface area (Å²) in [7, 11) is 2.16. The highest BCUT2D eigenvalue weighted by Gasteiger charge is 2.08. The Morgan fingerprint density at radius 3 is 2.53 bits per heavy atom. The minimum absolute atomic E-state index is 0.590. The Morgan fingerprint density at radius 2 is 1.93 bits per heavy atom. The summed E-state index contributed by atoms with van der Waals surface area (Å²) in [5.74, 6) is 0.590. The lowest BCUT2D eigenvalue weighted by molar-refractivity contribution is 0.755. The molecular weight excluding hydrogens is 182 g/mol. The van der Waals surface area contributed by atoms with E-state index in [0.717, 1.165) is 6.42 Å². The highest BCUT2D eigenvalue weighted by Crippen LogP contribution is 2.25. The lowest BCUT2D eigenvalue weighted by Gasteiger charge is -2.06. The van der Waals surface area contributed by atoms with Crippen LogP contribution in [-0.4, -0.2) is 4.57 Å². The van der Waals surface area contributed by atoms with Crippen LogP contribution < -0.4 is 0 Å². The molecule has 2 rings (SSSR count).